The van der Waals surface area contributed by atoms with E-state index in [1.807, 2.05) is 0 Å². The van der Waals surface area contributed by atoms with Crippen LogP contribution in [0.1, 0.15) is 18.2 Å². The highest BCUT2D eigenvalue weighted by molar-refractivity contribution is 5.78. The number of ether oxygens (including phenoxy) is 1. The number of aryl methyl sites for hydroxylation is 1. The summed E-state index contributed by atoms with van der Waals surface area (Å²) in [6.45, 7) is 7.55. The number of carbonyl (C=O) groups excluding carboxylic acids is 1. The third-order valence-electron chi connectivity index (χ3n) is 4.41. The Balaban J connectivity index is 1.58. The predicted molar refractivity (Wildman–Crippen MR) is 89.1 cm³/mol. The van der Waals surface area contributed by atoms with E-state index >= 15 is 0 Å². The van der Waals surface area contributed by atoms with Gasteiger partial charge in [-0.15, -0.1) is 0 Å². The van der Waals surface area contributed by atoms with Crippen LogP contribution >= 0.6 is 0 Å². The van der Waals surface area contributed by atoms with E-state index < -0.39 is 0 Å². The van der Waals surface area contributed by atoms with Crippen molar-refractivity contribution in [1.82, 2.24) is 24.8 Å². The molecule has 2 N–H and O–H groups in total. The summed E-state index contributed by atoms with van der Waals surface area (Å²) in [5.41, 5.74) is 1.35. The summed E-state index contributed by atoms with van der Waals surface area (Å²) < 4.78 is 6.75. The number of rotatable bonds is 5. The largest absolute Gasteiger partial charge is 0.379 e. The zero-order valence-corrected chi connectivity index (χ0v) is 14.0. The van der Waals surface area contributed by atoms with Gasteiger partial charge in [0.25, 0.3) is 5.56 Å². The third kappa shape index (κ3) is 3.49. The van der Waals surface area contributed by atoms with E-state index in [2.05, 4.69) is 27.2 Å². The van der Waals surface area contributed by atoms with Crippen molar-refractivity contribution in [2.45, 2.75) is 26.3 Å². The Hall–Kier alpha value is -2.19. The first kappa shape index (κ1) is 16.7. The quantitative estimate of drug-likeness (QED) is 0.785. The fourth-order valence-corrected chi connectivity index (χ4v) is 2.97. The van der Waals surface area contributed by atoms with Crippen LogP contribution in [0.15, 0.2) is 17.1 Å². The minimum absolute atomic E-state index is 0.0400. The van der Waals surface area contributed by atoms with Gasteiger partial charge in [-0.2, -0.15) is 0 Å². The Morgan fingerprint density at radius 2 is 2.38 bits per heavy atom. The minimum Gasteiger partial charge on any atom is -0.379 e. The molecule has 24 heavy (non-hydrogen) atoms. The highest BCUT2D eigenvalue weighted by Gasteiger charge is 2.19. The highest BCUT2D eigenvalue weighted by Crippen LogP contribution is 2.05. The Morgan fingerprint density at radius 1 is 1.54 bits per heavy atom. The molecule has 0 bridgehead atoms. The van der Waals surface area contributed by atoms with Crippen LogP contribution in [-0.2, 0) is 16.0 Å². The first-order valence-electron chi connectivity index (χ1n) is 8.20. The number of hydrogen-bond donors (Lipinski definition) is 2. The number of nitrogens with one attached hydrogen (secondary N) is 2. The second-order valence-electron chi connectivity index (χ2n) is 6.12. The maximum atomic E-state index is 12.4. The number of morpholine rings is 1. The van der Waals surface area contributed by atoms with Crippen LogP contribution in [0.4, 0.5) is 0 Å². The summed E-state index contributed by atoms with van der Waals surface area (Å²) in [5.74, 6) is -0.163. The number of amides is 1. The van der Waals surface area contributed by atoms with E-state index in [-0.39, 0.29) is 17.9 Å². The van der Waals surface area contributed by atoms with Gasteiger partial charge in [0.2, 0.25) is 5.91 Å². The number of H-pyrrole nitrogens is 1. The second kappa shape index (κ2) is 7.14. The molecule has 1 atom stereocenters. The standard InChI is InChI=1S/C16H23N5O3/c1-11-10-24-8-7-20(11)6-5-17-15(22)9-13-12(2)19-14-3-4-18-21(14)16(13)23/h3-4,11,18H,5-10H2,1-2H3,(H,17,22). The molecule has 2 aromatic heterocycles. The molecule has 3 heterocycles. The lowest BCUT2D eigenvalue weighted by molar-refractivity contribution is -0.120. The summed E-state index contributed by atoms with van der Waals surface area (Å²) >= 11 is 0. The number of hydrogen-bond acceptors (Lipinski definition) is 5. The van der Waals surface area contributed by atoms with Gasteiger partial charge in [0.1, 0.15) is 0 Å². The predicted octanol–water partition coefficient (Wildman–Crippen LogP) is -0.290. The molecule has 1 fully saturated rings. The average Bonchev–Trinajstić information content (AvgIpc) is 3.01. The van der Waals surface area contributed by atoms with Gasteiger partial charge in [-0.1, -0.05) is 0 Å². The van der Waals surface area contributed by atoms with E-state index in [0.717, 1.165) is 26.3 Å². The SMILES string of the molecule is Cc1nc2cc[nH]n2c(=O)c1CC(=O)NCCN1CCOCC1C. The van der Waals surface area contributed by atoms with Gasteiger partial charge in [0, 0.05) is 49.2 Å². The van der Waals surface area contributed by atoms with Crippen molar-refractivity contribution < 1.29 is 9.53 Å². The Kier molecular flexibility index (Phi) is 4.96. The number of aromatic amines is 1. The molecule has 8 nitrogen and oxygen atoms in total. The topological polar surface area (TPSA) is 91.7 Å². The summed E-state index contributed by atoms with van der Waals surface area (Å²) in [6, 6.07) is 2.09. The molecule has 0 radical (unpaired) electrons. The van der Waals surface area contributed by atoms with Crippen LogP contribution in [0.5, 0.6) is 0 Å². The van der Waals surface area contributed by atoms with Crippen molar-refractivity contribution in [3.63, 3.8) is 0 Å². The average molecular weight is 333 g/mol. The maximum absolute atomic E-state index is 12.4. The fraction of sp³-hybridized carbons (Fsp3) is 0.562. The first-order chi connectivity index (χ1) is 11.6. The molecular weight excluding hydrogens is 310 g/mol. The van der Waals surface area contributed by atoms with Gasteiger partial charge in [-0.3, -0.25) is 19.6 Å². The van der Waals surface area contributed by atoms with Gasteiger partial charge >= 0.3 is 0 Å². The molecule has 1 aliphatic heterocycles. The zero-order valence-electron chi connectivity index (χ0n) is 14.0. The molecule has 130 valence electrons. The van der Waals surface area contributed by atoms with Gasteiger partial charge in [-0.25, -0.2) is 9.50 Å². The van der Waals surface area contributed by atoms with Crippen LogP contribution in [0, 0.1) is 6.92 Å². The van der Waals surface area contributed by atoms with Crippen LogP contribution in [0.2, 0.25) is 0 Å². The monoisotopic (exact) mass is 333 g/mol. The van der Waals surface area contributed by atoms with Crippen LogP contribution < -0.4 is 10.9 Å². The van der Waals surface area contributed by atoms with Crippen LogP contribution in [0.3, 0.4) is 0 Å². The van der Waals surface area contributed by atoms with Crippen LogP contribution in [0.25, 0.3) is 5.65 Å². The lowest BCUT2D eigenvalue weighted by atomic mass is 10.1. The van der Waals surface area contributed by atoms with Crippen molar-refractivity contribution in [3.8, 4) is 0 Å². The maximum Gasteiger partial charge on any atom is 0.276 e. The molecule has 0 spiro atoms. The molecule has 3 rings (SSSR count). The highest BCUT2D eigenvalue weighted by atomic mass is 16.5. The Morgan fingerprint density at radius 3 is 3.17 bits per heavy atom. The Bertz CT molecular complexity index is 782. The van der Waals surface area contributed by atoms with Crippen molar-refractivity contribution >= 4 is 11.6 Å². The van der Waals surface area contributed by atoms with Crippen molar-refractivity contribution in [3.05, 3.63) is 33.9 Å². The van der Waals surface area contributed by atoms with Gasteiger partial charge in [0.15, 0.2) is 5.65 Å². The molecule has 0 aliphatic carbocycles. The lowest BCUT2D eigenvalue weighted by Crippen LogP contribution is -2.47. The molecule has 1 unspecified atom stereocenters. The smallest absolute Gasteiger partial charge is 0.276 e. The Labute approximate surface area is 139 Å². The van der Waals surface area contributed by atoms with Gasteiger partial charge < -0.3 is 10.1 Å². The molecule has 2 aromatic rings. The number of aromatic nitrogens is 3. The fourth-order valence-electron chi connectivity index (χ4n) is 2.97. The summed E-state index contributed by atoms with van der Waals surface area (Å²) in [6.07, 6.45) is 1.69. The van der Waals surface area contributed by atoms with E-state index in [0.29, 0.717) is 29.5 Å². The summed E-state index contributed by atoms with van der Waals surface area (Å²) in [7, 11) is 0. The molecule has 1 aliphatic rings. The summed E-state index contributed by atoms with van der Waals surface area (Å²) in [5, 5.41) is 5.70. The first-order valence-corrected chi connectivity index (χ1v) is 8.20. The van der Waals surface area contributed by atoms with Gasteiger partial charge in [-0.05, 0) is 13.8 Å². The molecular formula is C16H23N5O3. The van der Waals surface area contributed by atoms with E-state index in [1.54, 1.807) is 19.2 Å². The minimum atomic E-state index is -0.223. The lowest BCUT2D eigenvalue weighted by Gasteiger charge is -2.33. The third-order valence-corrected chi connectivity index (χ3v) is 4.41. The van der Waals surface area contributed by atoms with E-state index in [4.69, 9.17) is 4.74 Å². The zero-order chi connectivity index (χ0) is 17.1. The molecule has 0 saturated carbocycles. The van der Waals surface area contributed by atoms with Crippen molar-refractivity contribution in [2.75, 3.05) is 32.8 Å². The molecule has 8 heteroatoms. The van der Waals surface area contributed by atoms with Crippen LogP contribution in [-0.4, -0.2) is 64.3 Å². The molecule has 1 saturated heterocycles. The number of carbonyl (C=O) groups is 1. The van der Waals surface area contributed by atoms with E-state index in [9.17, 15) is 9.59 Å². The molecule has 0 aromatic carbocycles. The molecule has 1 amide bonds. The number of fused-ring (bicyclic) bond motifs is 1. The second-order valence-corrected chi connectivity index (χ2v) is 6.12. The van der Waals surface area contributed by atoms with E-state index in [1.165, 1.54) is 4.52 Å². The summed E-state index contributed by atoms with van der Waals surface area (Å²) in [4.78, 5) is 31.2. The number of nitrogens with zero attached hydrogens (tertiary/aromatic N) is 3. The van der Waals surface area contributed by atoms with Crippen molar-refractivity contribution in [1.29, 1.82) is 0 Å². The normalized spacial score (nSPS) is 18.8. The van der Waals surface area contributed by atoms with Crippen molar-refractivity contribution in [2.24, 2.45) is 0 Å². The van der Waals surface area contributed by atoms with Gasteiger partial charge in [0.05, 0.1) is 19.6 Å².